The first kappa shape index (κ1) is 13.7. The Labute approximate surface area is 114 Å². The molecule has 0 fully saturated rings. The molecule has 1 unspecified atom stereocenters. The van der Waals surface area contributed by atoms with Crippen LogP contribution in [0.25, 0.3) is 10.3 Å². The van der Waals surface area contributed by atoms with Crippen molar-refractivity contribution >= 4 is 32.6 Å². The maximum absolute atomic E-state index is 11.7. The van der Waals surface area contributed by atoms with E-state index in [0.717, 1.165) is 22.5 Å². The normalized spacial score (nSPS) is 11.8. The molecule has 0 saturated heterocycles. The minimum absolute atomic E-state index is 0.0271. The van der Waals surface area contributed by atoms with Crippen LogP contribution in [-0.4, -0.2) is 22.5 Å². The average molecular weight is 280 g/mol. The summed E-state index contributed by atoms with van der Waals surface area (Å²) in [6, 6.07) is 2.02. The molecule has 0 aliphatic rings. The van der Waals surface area contributed by atoms with Crippen molar-refractivity contribution in [2.45, 2.75) is 32.9 Å². The highest BCUT2D eigenvalue weighted by Crippen LogP contribution is 2.36. The Morgan fingerprint density at radius 3 is 2.68 bits per heavy atom. The summed E-state index contributed by atoms with van der Waals surface area (Å²) in [4.78, 5) is 22.7. The number of esters is 1. The van der Waals surface area contributed by atoms with E-state index in [1.165, 1.54) is 4.88 Å². The first-order chi connectivity index (χ1) is 9.12. The van der Waals surface area contributed by atoms with Crippen molar-refractivity contribution in [3.63, 3.8) is 0 Å². The van der Waals surface area contributed by atoms with Crippen molar-refractivity contribution in [2.75, 3.05) is 12.3 Å². The van der Waals surface area contributed by atoms with Crippen LogP contribution in [0.4, 0.5) is 5.82 Å². The molecular formula is C13H18N3O2S+. The summed E-state index contributed by atoms with van der Waals surface area (Å²) in [6.07, 6.45) is 0.962. The molecule has 0 aromatic carbocycles. The van der Waals surface area contributed by atoms with Gasteiger partial charge in [0.1, 0.15) is 11.3 Å². The van der Waals surface area contributed by atoms with Crippen molar-refractivity contribution in [2.24, 2.45) is 0 Å². The Balaban J connectivity index is 2.60. The number of nitrogen functional groups attached to an aromatic ring is 1. The molecule has 1 atom stereocenters. The lowest BCUT2D eigenvalue weighted by Gasteiger charge is -2.02. The molecule has 2 heterocycles. The third-order valence-electron chi connectivity index (χ3n) is 2.87. The molecule has 2 N–H and O–H groups in total. The van der Waals surface area contributed by atoms with Crippen LogP contribution in [0.1, 0.15) is 36.1 Å². The quantitative estimate of drug-likeness (QED) is 0.688. The van der Waals surface area contributed by atoms with Gasteiger partial charge < -0.3 is 10.5 Å². The predicted octanol–water partition coefficient (Wildman–Crippen LogP) is 2.72. The molecule has 0 bridgehead atoms. The van der Waals surface area contributed by atoms with Gasteiger partial charge in [-0.2, -0.15) is 4.98 Å². The van der Waals surface area contributed by atoms with Gasteiger partial charge in [0, 0.05) is 23.0 Å². The number of aryl methyl sites for hydroxylation is 2. The van der Waals surface area contributed by atoms with Gasteiger partial charge in [0.2, 0.25) is 0 Å². The van der Waals surface area contributed by atoms with Crippen molar-refractivity contribution in [1.29, 1.82) is 0 Å². The zero-order valence-corrected chi connectivity index (χ0v) is 12.2. The number of fused-ring (bicyclic) bond motifs is 1. The SMILES string of the molecule is CCOC(=O)c1nc2cc(CC)[s+](CC)c2nc1N. The van der Waals surface area contributed by atoms with Crippen molar-refractivity contribution in [3.8, 4) is 0 Å². The summed E-state index contributed by atoms with van der Waals surface area (Å²) in [5, 5.41) is 0. The van der Waals surface area contributed by atoms with Crippen LogP contribution in [0.3, 0.4) is 0 Å². The summed E-state index contributed by atoms with van der Waals surface area (Å²) in [5.41, 5.74) is 6.72. The van der Waals surface area contributed by atoms with Crippen LogP contribution in [0.2, 0.25) is 0 Å². The van der Waals surface area contributed by atoms with Gasteiger partial charge in [0.25, 0.3) is 4.83 Å². The highest BCUT2D eigenvalue weighted by molar-refractivity contribution is 7.36. The predicted molar refractivity (Wildman–Crippen MR) is 77.4 cm³/mol. The summed E-state index contributed by atoms with van der Waals surface area (Å²) >= 11 is 0. The monoisotopic (exact) mass is 280 g/mol. The van der Waals surface area contributed by atoms with Crippen LogP contribution < -0.4 is 5.73 Å². The number of thiophene rings is 1. The second-order valence-corrected chi connectivity index (χ2v) is 6.28. The number of carbonyl (C=O) groups excluding carboxylic acids is 1. The van der Waals surface area contributed by atoms with Gasteiger partial charge in [-0.25, -0.2) is 9.78 Å². The maximum atomic E-state index is 11.7. The van der Waals surface area contributed by atoms with Gasteiger partial charge in [0.05, 0.1) is 6.61 Å². The Morgan fingerprint density at radius 1 is 1.37 bits per heavy atom. The van der Waals surface area contributed by atoms with Crippen LogP contribution in [-0.2, 0) is 16.9 Å². The largest absolute Gasteiger partial charge is 0.461 e. The van der Waals surface area contributed by atoms with E-state index in [1.54, 1.807) is 6.92 Å². The summed E-state index contributed by atoms with van der Waals surface area (Å²) in [6.45, 7) is 6.28. The number of rotatable bonds is 4. The van der Waals surface area contributed by atoms with Crippen LogP contribution in [0.15, 0.2) is 6.07 Å². The molecule has 0 spiro atoms. The average Bonchev–Trinajstić information content (AvgIpc) is 2.74. The molecule has 102 valence electrons. The van der Waals surface area contributed by atoms with E-state index in [4.69, 9.17) is 10.5 Å². The maximum Gasteiger partial charge on any atom is 0.360 e. The van der Waals surface area contributed by atoms with E-state index in [9.17, 15) is 4.79 Å². The minimum atomic E-state index is -0.509. The van der Waals surface area contributed by atoms with Gasteiger partial charge in [-0.05, 0) is 13.8 Å². The molecule has 0 aliphatic heterocycles. The third kappa shape index (κ3) is 2.40. The molecule has 0 aliphatic carbocycles. The number of aromatic nitrogens is 2. The van der Waals surface area contributed by atoms with Crippen molar-refractivity contribution in [3.05, 3.63) is 16.6 Å². The number of ether oxygens (including phenoxy) is 1. The van der Waals surface area contributed by atoms with Crippen molar-refractivity contribution < 1.29 is 9.53 Å². The number of nitrogens with zero attached hydrogens (tertiary/aromatic N) is 2. The summed E-state index contributed by atoms with van der Waals surface area (Å²) < 4.78 is 4.94. The second-order valence-electron chi connectivity index (χ2n) is 4.01. The highest BCUT2D eigenvalue weighted by Gasteiger charge is 2.24. The molecule has 6 heteroatoms. The fourth-order valence-corrected chi connectivity index (χ4v) is 4.08. The number of hydrogen-bond acceptors (Lipinski definition) is 5. The summed E-state index contributed by atoms with van der Waals surface area (Å²) in [7, 11) is -0.0271. The second kappa shape index (κ2) is 5.52. The molecule has 0 saturated carbocycles. The van der Waals surface area contributed by atoms with Crippen molar-refractivity contribution in [1.82, 2.24) is 9.97 Å². The van der Waals surface area contributed by atoms with E-state index in [-0.39, 0.29) is 22.0 Å². The standard InChI is InChI=1S/C13H17N3O2S/c1-4-8-7-9-12(19(8)6-3)16-11(14)10(15-9)13(17)18-5-2/h7H,4-6H2,1-3H3,(H-,14,16,17)/p+1. The number of hydrogen-bond donors (Lipinski definition) is 1. The molecule has 5 nitrogen and oxygen atoms in total. The lowest BCUT2D eigenvalue weighted by molar-refractivity contribution is 0.0521. The molecule has 0 amide bonds. The van der Waals surface area contributed by atoms with Gasteiger partial charge in [-0.3, -0.25) is 0 Å². The van der Waals surface area contributed by atoms with Crippen LogP contribution >= 0.6 is 10.5 Å². The zero-order valence-electron chi connectivity index (χ0n) is 11.4. The molecule has 0 radical (unpaired) electrons. The lowest BCUT2D eigenvalue weighted by Crippen LogP contribution is -2.11. The van der Waals surface area contributed by atoms with E-state index in [2.05, 4.69) is 23.8 Å². The van der Waals surface area contributed by atoms with Crippen LogP contribution in [0, 0.1) is 0 Å². The molecule has 2 rings (SSSR count). The van der Waals surface area contributed by atoms with Gasteiger partial charge >= 0.3 is 5.97 Å². The van der Waals surface area contributed by atoms with Gasteiger partial charge in [0.15, 0.2) is 16.4 Å². The molecule has 2 aromatic heterocycles. The Morgan fingerprint density at radius 2 is 2.11 bits per heavy atom. The minimum Gasteiger partial charge on any atom is -0.461 e. The molecular weight excluding hydrogens is 262 g/mol. The van der Waals surface area contributed by atoms with Gasteiger partial charge in [-0.15, -0.1) is 0 Å². The lowest BCUT2D eigenvalue weighted by atomic mass is 10.3. The number of nitrogens with two attached hydrogens (primary N) is 1. The highest BCUT2D eigenvalue weighted by atomic mass is 32.2. The third-order valence-corrected chi connectivity index (χ3v) is 5.25. The first-order valence-electron chi connectivity index (χ1n) is 6.38. The van der Waals surface area contributed by atoms with E-state index >= 15 is 0 Å². The van der Waals surface area contributed by atoms with E-state index in [1.807, 2.05) is 6.07 Å². The van der Waals surface area contributed by atoms with Crippen LogP contribution in [0.5, 0.6) is 0 Å². The fourth-order valence-electron chi connectivity index (χ4n) is 2.02. The number of anilines is 1. The van der Waals surface area contributed by atoms with E-state index < -0.39 is 5.97 Å². The number of carbonyl (C=O) groups is 1. The van der Waals surface area contributed by atoms with Gasteiger partial charge in [-0.1, -0.05) is 6.92 Å². The fraction of sp³-hybridized carbons (Fsp3) is 0.462. The topological polar surface area (TPSA) is 78.1 Å². The summed E-state index contributed by atoms with van der Waals surface area (Å²) in [5.74, 6) is 0.637. The Kier molecular flexibility index (Phi) is 3.99. The smallest absolute Gasteiger partial charge is 0.360 e. The zero-order chi connectivity index (χ0) is 14.0. The Hall–Kier alpha value is -1.69. The Bertz CT molecular complexity index is 622. The first-order valence-corrected chi connectivity index (χ1v) is 7.77. The molecule has 19 heavy (non-hydrogen) atoms. The van der Waals surface area contributed by atoms with E-state index in [0.29, 0.717) is 6.61 Å². The molecule has 2 aromatic rings.